The van der Waals surface area contributed by atoms with Crippen molar-refractivity contribution >= 4 is 0 Å². The van der Waals surface area contributed by atoms with E-state index < -0.39 is 0 Å². The van der Waals surface area contributed by atoms with E-state index >= 15 is 0 Å². The Labute approximate surface area is 296 Å². The third-order valence-electron chi connectivity index (χ3n) is 9.79. The summed E-state index contributed by atoms with van der Waals surface area (Å²) in [6, 6.07) is 26.0. The van der Waals surface area contributed by atoms with Gasteiger partial charge in [0.15, 0.2) is 0 Å². The average molecular weight is 655 g/mol. The summed E-state index contributed by atoms with van der Waals surface area (Å²) in [4.78, 5) is 0. The molecule has 266 valence electrons. The van der Waals surface area contributed by atoms with Crippen LogP contribution >= 0.6 is 0 Å². The van der Waals surface area contributed by atoms with E-state index in [9.17, 15) is 0 Å². The average Bonchev–Trinajstić information content (AvgIpc) is 3.13. The first-order valence-corrected chi connectivity index (χ1v) is 20.4. The Morgan fingerprint density at radius 2 is 0.479 bits per heavy atom. The molecule has 0 heterocycles. The summed E-state index contributed by atoms with van der Waals surface area (Å²) in [5, 5.41) is 0. The van der Waals surface area contributed by atoms with Gasteiger partial charge < -0.3 is 9.47 Å². The molecule has 2 heteroatoms. The summed E-state index contributed by atoms with van der Waals surface area (Å²) >= 11 is 0. The lowest BCUT2D eigenvalue weighted by Crippen LogP contribution is -1.97. The highest BCUT2D eigenvalue weighted by atomic mass is 16.5. The van der Waals surface area contributed by atoms with Crippen LogP contribution < -0.4 is 9.47 Å². The number of hydrogen-bond acceptors (Lipinski definition) is 2. The second kappa shape index (κ2) is 27.1. The van der Waals surface area contributed by atoms with E-state index in [0.29, 0.717) is 0 Å². The molecule has 3 aromatic rings. The fraction of sp³-hybridized carbons (Fsp3) is 0.609. The van der Waals surface area contributed by atoms with Crippen LogP contribution in [0.15, 0.2) is 72.8 Å². The molecule has 3 aromatic carbocycles. The van der Waals surface area contributed by atoms with Crippen LogP contribution in [-0.4, -0.2) is 13.2 Å². The molecule has 48 heavy (non-hydrogen) atoms. The molecule has 0 aromatic heterocycles. The zero-order valence-electron chi connectivity index (χ0n) is 31.1. The molecule has 2 nitrogen and oxygen atoms in total. The zero-order chi connectivity index (χ0) is 33.7. The first kappa shape index (κ1) is 39.7. The van der Waals surface area contributed by atoms with Crippen molar-refractivity contribution in [2.24, 2.45) is 0 Å². The summed E-state index contributed by atoms with van der Waals surface area (Å²) in [5.41, 5.74) is 4.91. The molecular formula is C46H70O2. The highest BCUT2D eigenvalue weighted by Crippen LogP contribution is 2.28. The van der Waals surface area contributed by atoms with Crippen LogP contribution in [0.5, 0.6) is 11.5 Å². The lowest BCUT2D eigenvalue weighted by molar-refractivity contribution is 0.304. The van der Waals surface area contributed by atoms with E-state index in [2.05, 4.69) is 86.6 Å². The van der Waals surface area contributed by atoms with Gasteiger partial charge in [-0.2, -0.15) is 0 Å². The Morgan fingerprint density at radius 3 is 0.729 bits per heavy atom. The second-order valence-corrected chi connectivity index (χ2v) is 14.1. The monoisotopic (exact) mass is 655 g/mol. The molecule has 0 aliphatic heterocycles. The van der Waals surface area contributed by atoms with Crippen LogP contribution in [0.25, 0.3) is 22.3 Å². The lowest BCUT2D eigenvalue weighted by atomic mass is 10.0. The largest absolute Gasteiger partial charge is 0.494 e. The van der Waals surface area contributed by atoms with Gasteiger partial charge in [-0.05, 0) is 59.4 Å². The minimum absolute atomic E-state index is 0.814. The topological polar surface area (TPSA) is 18.5 Å². The maximum absolute atomic E-state index is 6.03. The molecule has 0 bridgehead atoms. The van der Waals surface area contributed by atoms with E-state index in [1.54, 1.807) is 0 Å². The van der Waals surface area contributed by atoms with Gasteiger partial charge in [-0.15, -0.1) is 0 Å². The van der Waals surface area contributed by atoms with Crippen molar-refractivity contribution in [2.45, 2.75) is 168 Å². The van der Waals surface area contributed by atoms with Gasteiger partial charge in [-0.3, -0.25) is 0 Å². The van der Waals surface area contributed by atoms with Gasteiger partial charge in [0.2, 0.25) is 0 Å². The highest BCUT2D eigenvalue weighted by Gasteiger charge is 2.03. The molecule has 0 aliphatic rings. The maximum atomic E-state index is 6.03. The van der Waals surface area contributed by atoms with Gasteiger partial charge in [-0.1, -0.05) is 204 Å². The van der Waals surface area contributed by atoms with Crippen molar-refractivity contribution < 1.29 is 9.47 Å². The van der Waals surface area contributed by atoms with Crippen molar-refractivity contribution in [2.75, 3.05) is 13.2 Å². The van der Waals surface area contributed by atoms with Crippen LogP contribution in [0.3, 0.4) is 0 Å². The van der Waals surface area contributed by atoms with Gasteiger partial charge in [0.1, 0.15) is 11.5 Å². The summed E-state index contributed by atoms with van der Waals surface area (Å²) in [6.45, 7) is 6.21. The highest BCUT2D eigenvalue weighted by molar-refractivity contribution is 5.71. The number of benzene rings is 3. The van der Waals surface area contributed by atoms with Gasteiger partial charge in [-0.25, -0.2) is 0 Å². The summed E-state index contributed by atoms with van der Waals surface area (Å²) in [5.74, 6) is 1.94. The van der Waals surface area contributed by atoms with Crippen LogP contribution in [0.4, 0.5) is 0 Å². The van der Waals surface area contributed by atoms with Gasteiger partial charge in [0.25, 0.3) is 0 Å². The number of ether oxygens (including phenoxy) is 2. The van der Waals surface area contributed by atoms with E-state index in [0.717, 1.165) is 37.6 Å². The minimum Gasteiger partial charge on any atom is -0.494 e. The first-order chi connectivity index (χ1) is 23.8. The Morgan fingerprint density at radius 1 is 0.271 bits per heavy atom. The standard InChI is InChI=1S/C46H70O2/c1-3-5-7-9-11-13-15-17-19-21-23-25-39-47-45-35-31-43(32-36-45)41-27-29-42(30-28-41)44-33-37-46(38-34-44)48-40-26-24-22-20-18-16-14-12-10-8-6-4-2/h27-38H,3-26,39-40H2,1-2H3. The Balaban J connectivity index is 1.23. The second-order valence-electron chi connectivity index (χ2n) is 14.1. The quantitative estimate of drug-likeness (QED) is 0.0666. The molecule has 0 saturated heterocycles. The summed E-state index contributed by atoms with van der Waals surface area (Å²) in [6.07, 6.45) is 32.9. The molecule has 3 rings (SSSR count). The molecule has 0 saturated carbocycles. The smallest absolute Gasteiger partial charge is 0.119 e. The SMILES string of the molecule is CCCCCCCCCCCCCCOc1ccc(-c2ccc(-c3ccc(OCCCCCCCCCCCCCC)cc3)cc2)cc1. The van der Waals surface area contributed by atoms with E-state index in [1.807, 2.05) is 0 Å². The molecule has 0 unspecified atom stereocenters. The van der Waals surface area contributed by atoms with Crippen LogP contribution in [-0.2, 0) is 0 Å². The molecular weight excluding hydrogens is 585 g/mol. The van der Waals surface area contributed by atoms with Crippen molar-refractivity contribution in [1.82, 2.24) is 0 Å². The summed E-state index contributed by atoms with van der Waals surface area (Å²) in [7, 11) is 0. The van der Waals surface area contributed by atoms with E-state index in [-0.39, 0.29) is 0 Å². The fourth-order valence-corrected chi connectivity index (χ4v) is 6.61. The maximum Gasteiger partial charge on any atom is 0.119 e. The summed E-state index contributed by atoms with van der Waals surface area (Å²) < 4.78 is 12.1. The Kier molecular flexibility index (Phi) is 22.4. The Hall–Kier alpha value is -2.74. The van der Waals surface area contributed by atoms with E-state index in [1.165, 1.54) is 164 Å². The van der Waals surface area contributed by atoms with Gasteiger partial charge >= 0.3 is 0 Å². The number of rotatable bonds is 30. The molecule has 0 fully saturated rings. The molecule has 0 atom stereocenters. The molecule has 0 spiro atoms. The van der Waals surface area contributed by atoms with Crippen molar-refractivity contribution in [3.8, 4) is 33.8 Å². The van der Waals surface area contributed by atoms with Crippen molar-refractivity contribution in [3.05, 3.63) is 72.8 Å². The molecule has 0 amide bonds. The van der Waals surface area contributed by atoms with E-state index in [4.69, 9.17) is 9.47 Å². The first-order valence-electron chi connectivity index (χ1n) is 20.4. The fourth-order valence-electron chi connectivity index (χ4n) is 6.61. The van der Waals surface area contributed by atoms with Gasteiger partial charge in [0, 0.05) is 0 Å². The van der Waals surface area contributed by atoms with Crippen LogP contribution in [0, 0.1) is 0 Å². The van der Waals surface area contributed by atoms with Crippen molar-refractivity contribution in [3.63, 3.8) is 0 Å². The number of unbranched alkanes of at least 4 members (excludes halogenated alkanes) is 22. The van der Waals surface area contributed by atoms with Gasteiger partial charge in [0.05, 0.1) is 13.2 Å². The Bertz CT molecular complexity index is 1040. The minimum atomic E-state index is 0.814. The molecule has 0 radical (unpaired) electrons. The normalized spacial score (nSPS) is 11.2. The van der Waals surface area contributed by atoms with Crippen molar-refractivity contribution in [1.29, 1.82) is 0 Å². The third-order valence-corrected chi connectivity index (χ3v) is 9.79. The predicted octanol–water partition coefficient (Wildman–Crippen LogP) is 15.2. The molecule has 0 N–H and O–H groups in total. The van der Waals surface area contributed by atoms with Crippen LogP contribution in [0.1, 0.15) is 168 Å². The predicted molar refractivity (Wildman–Crippen MR) is 210 cm³/mol. The molecule has 0 aliphatic carbocycles. The zero-order valence-corrected chi connectivity index (χ0v) is 31.1. The number of hydrogen-bond donors (Lipinski definition) is 0. The lowest BCUT2D eigenvalue weighted by Gasteiger charge is -2.09. The third kappa shape index (κ3) is 18.1. The van der Waals surface area contributed by atoms with Crippen LogP contribution in [0.2, 0.25) is 0 Å².